The Labute approximate surface area is 115 Å². The van der Waals surface area contributed by atoms with E-state index < -0.39 is 0 Å². The van der Waals surface area contributed by atoms with E-state index in [1.165, 1.54) is 22.3 Å². The van der Waals surface area contributed by atoms with Crippen molar-refractivity contribution < 1.29 is 5.11 Å². The summed E-state index contributed by atoms with van der Waals surface area (Å²) >= 11 is 0. The lowest BCUT2D eigenvalue weighted by molar-refractivity contribution is 0.468. The van der Waals surface area contributed by atoms with Gasteiger partial charge in [-0.05, 0) is 59.2 Å². The molecule has 0 radical (unpaired) electrons. The lowest BCUT2D eigenvalue weighted by Crippen LogP contribution is -1.92. The minimum atomic E-state index is 0.424. The van der Waals surface area contributed by atoms with Gasteiger partial charge in [0.05, 0.1) is 0 Å². The highest BCUT2D eigenvalue weighted by Crippen LogP contribution is 2.31. The largest absolute Gasteiger partial charge is 0.508 e. The first-order chi connectivity index (χ1) is 9.19. The van der Waals surface area contributed by atoms with Crippen molar-refractivity contribution in [3.8, 4) is 16.9 Å². The van der Waals surface area contributed by atoms with Gasteiger partial charge in [0.1, 0.15) is 5.75 Å². The van der Waals surface area contributed by atoms with Crippen molar-refractivity contribution in [1.82, 2.24) is 0 Å². The van der Waals surface area contributed by atoms with Gasteiger partial charge >= 0.3 is 0 Å². The number of hydrogen-bond donors (Lipinski definition) is 1. The quantitative estimate of drug-likeness (QED) is 0.835. The van der Waals surface area contributed by atoms with E-state index in [0.29, 0.717) is 5.75 Å². The first-order valence-corrected chi connectivity index (χ1v) is 7.13. The maximum absolute atomic E-state index is 9.98. The molecule has 0 bridgehead atoms. The molecule has 0 spiro atoms. The van der Waals surface area contributed by atoms with Crippen LogP contribution in [0.4, 0.5) is 0 Å². The molecule has 0 heterocycles. The number of hydrogen-bond acceptors (Lipinski definition) is 1. The molecule has 0 aliphatic carbocycles. The van der Waals surface area contributed by atoms with Crippen LogP contribution in [0.5, 0.6) is 5.75 Å². The molecule has 2 aromatic carbocycles. The van der Waals surface area contributed by atoms with E-state index >= 15 is 0 Å². The van der Waals surface area contributed by atoms with Crippen LogP contribution in [0, 0.1) is 0 Å². The van der Waals surface area contributed by atoms with Crippen molar-refractivity contribution in [1.29, 1.82) is 0 Å². The fraction of sp³-hybridized carbons (Fsp3) is 0.333. The predicted octanol–water partition coefficient (Wildman–Crippen LogP) is 4.75. The van der Waals surface area contributed by atoms with E-state index in [9.17, 15) is 5.11 Å². The van der Waals surface area contributed by atoms with E-state index in [2.05, 4.69) is 51.1 Å². The van der Waals surface area contributed by atoms with E-state index in [1.807, 2.05) is 6.07 Å². The second-order valence-corrected chi connectivity index (χ2v) is 4.90. The Balaban J connectivity index is 2.52. The Kier molecular flexibility index (Phi) is 4.26. The van der Waals surface area contributed by atoms with Crippen LogP contribution in [0.1, 0.15) is 37.5 Å². The molecule has 19 heavy (non-hydrogen) atoms. The van der Waals surface area contributed by atoms with Gasteiger partial charge in [0, 0.05) is 0 Å². The van der Waals surface area contributed by atoms with Crippen molar-refractivity contribution in [3.05, 3.63) is 53.1 Å². The molecule has 1 nitrogen and oxygen atoms in total. The molecule has 0 unspecified atom stereocenters. The topological polar surface area (TPSA) is 20.2 Å². The highest BCUT2D eigenvalue weighted by atomic mass is 16.3. The summed E-state index contributed by atoms with van der Waals surface area (Å²) in [5, 5.41) is 9.98. The van der Waals surface area contributed by atoms with Crippen molar-refractivity contribution in [2.75, 3.05) is 0 Å². The van der Waals surface area contributed by atoms with E-state index in [0.717, 1.165) is 24.8 Å². The highest BCUT2D eigenvalue weighted by Gasteiger charge is 2.09. The van der Waals surface area contributed by atoms with Gasteiger partial charge in [-0.3, -0.25) is 0 Å². The van der Waals surface area contributed by atoms with Crippen LogP contribution in [-0.4, -0.2) is 5.11 Å². The normalized spacial score (nSPS) is 10.7. The molecule has 1 N–H and O–H groups in total. The van der Waals surface area contributed by atoms with Gasteiger partial charge in [-0.1, -0.05) is 45.0 Å². The Morgan fingerprint density at radius 1 is 0.789 bits per heavy atom. The average molecular weight is 254 g/mol. The summed E-state index contributed by atoms with van der Waals surface area (Å²) in [5.41, 5.74) is 6.07. The molecular weight excluding hydrogens is 232 g/mol. The van der Waals surface area contributed by atoms with Gasteiger partial charge in [-0.15, -0.1) is 0 Å². The maximum Gasteiger partial charge on any atom is 0.119 e. The second kappa shape index (κ2) is 5.92. The standard InChI is InChI=1S/C18H22O/c1-4-13-7-9-16(10-8-13)17-11-15(6-3)18(19)12-14(17)5-2/h7-12,19H,4-6H2,1-3H3. The number of aryl methyl sites for hydroxylation is 3. The first kappa shape index (κ1) is 13.7. The third kappa shape index (κ3) is 2.81. The van der Waals surface area contributed by atoms with Gasteiger partial charge in [0.2, 0.25) is 0 Å². The van der Waals surface area contributed by atoms with Crippen LogP contribution in [0.25, 0.3) is 11.1 Å². The van der Waals surface area contributed by atoms with Crippen molar-refractivity contribution in [3.63, 3.8) is 0 Å². The van der Waals surface area contributed by atoms with E-state index in [1.54, 1.807) is 0 Å². The molecule has 2 aromatic rings. The van der Waals surface area contributed by atoms with E-state index in [-0.39, 0.29) is 0 Å². The predicted molar refractivity (Wildman–Crippen MR) is 81.7 cm³/mol. The minimum Gasteiger partial charge on any atom is -0.508 e. The third-order valence-electron chi connectivity index (χ3n) is 3.74. The number of rotatable bonds is 4. The van der Waals surface area contributed by atoms with Crippen molar-refractivity contribution in [2.24, 2.45) is 0 Å². The molecular formula is C18H22O. The van der Waals surface area contributed by atoms with Crippen molar-refractivity contribution in [2.45, 2.75) is 40.0 Å². The minimum absolute atomic E-state index is 0.424. The molecule has 0 aliphatic heterocycles. The van der Waals surface area contributed by atoms with Crippen LogP contribution in [0.15, 0.2) is 36.4 Å². The monoisotopic (exact) mass is 254 g/mol. The average Bonchev–Trinajstić information content (AvgIpc) is 2.47. The smallest absolute Gasteiger partial charge is 0.119 e. The third-order valence-corrected chi connectivity index (χ3v) is 3.74. The fourth-order valence-electron chi connectivity index (χ4n) is 2.44. The molecule has 1 heteroatoms. The lowest BCUT2D eigenvalue weighted by Gasteiger charge is -2.12. The molecule has 100 valence electrons. The fourth-order valence-corrected chi connectivity index (χ4v) is 2.44. The Morgan fingerprint density at radius 2 is 1.42 bits per heavy atom. The van der Waals surface area contributed by atoms with Gasteiger partial charge in [-0.2, -0.15) is 0 Å². The van der Waals surface area contributed by atoms with Crippen LogP contribution in [-0.2, 0) is 19.3 Å². The zero-order valence-corrected chi connectivity index (χ0v) is 12.0. The zero-order valence-electron chi connectivity index (χ0n) is 12.0. The SMILES string of the molecule is CCc1ccc(-c2cc(CC)c(O)cc2CC)cc1. The lowest BCUT2D eigenvalue weighted by atomic mass is 9.93. The Bertz CT molecular complexity index is 553. The summed E-state index contributed by atoms with van der Waals surface area (Å²) in [6.45, 7) is 6.37. The Hall–Kier alpha value is -1.76. The maximum atomic E-state index is 9.98. The van der Waals surface area contributed by atoms with Crippen LogP contribution in [0.2, 0.25) is 0 Å². The highest BCUT2D eigenvalue weighted by molar-refractivity contribution is 5.70. The summed E-state index contributed by atoms with van der Waals surface area (Å²) in [4.78, 5) is 0. The number of aromatic hydroxyl groups is 1. The van der Waals surface area contributed by atoms with E-state index in [4.69, 9.17) is 0 Å². The molecule has 0 fully saturated rings. The Morgan fingerprint density at radius 3 is 1.95 bits per heavy atom. The summed E-state index contributed by atoms with van der Waals surface area (Å²) in [5.74, 6) is 0.424. The number of phenolic OH excluding ortho intramolecular Hbond substituents is 1. The van der Waals surface area contributed by atoms with Crippen LogP contribution in [0.3, 0.4) is 0 Å². The summed E-state index contributed by atoms with van der Waals surface area (Å²) in [6, 6.07) is 12.8. The molecule has 0 atom stereocenters. The number of phenols is 1. The summed E-state index contributed by atoms with van der Waals surface area (Å²) in [7, 11) is 0. The molecule has 0 saturated heterocycles. The second-order valence-electron chi connectivity index (χ2n) is 4.90. The number of benzene rings is 2. The molecule has 0 amide bonds. The molecule has 0 aromatic heterocycles. The molecule has 0 saturated carbocycles. The molecule has 2 rings (SSSR count). The van der Waals surface area contributed by atoms with Crippen molar-refractivity contribution >= 4 is 0 Å². The first-order valence-electron chi connectivity index (χ1n) is 7.13. The van der Waals surface area contributed by atoms with Gasteiger partial charge in [0.15, 0.2) is 0 Å². The summed E-state index contributed by atoms with van der Waals surface area (Å²) < 4.78 is 0. The van der Waals surface area contributed by atoms with Gasteiger partial charge in [0.25, 0.3) is 0 Å². The van der Waals surface area contributed by atoms with Crippen LogP contribution < -0.4 is 0 Å². The summed E-state index contributed by atoms with van der Waals surface area (Å²) in [6.07, 6.45) is 2.86. The van der Waals surface area contributed by atoms with Crippen LogP contribution >= 0.6 is 0 Å². The van der Waals surface area contributed by atoms with Gasteiger partial charge < -0.3 is 5.11 Å². The zero-order chi connectivity index (χ0) is 13.8. The molecule has 0 aliphatic rings. The van der Waals surface area contributed by atoms with Gasteiger partial charge in [-0.25, -0.2) is 0 Å².